The number of anilines is 1. The van der Waals surface area contributed by atoms with Crippen molar-refractivity contribution >= 4 is 11.5 Å². The minimum atomic E-state index is -0.409. The number of ether oxygens (including phenoxy) is 1. The molecule has 0 amide bonds. The van der Waals surface area contributed by atoms with Crippen LogP contribution in [0.25, 0.3) is 0 Å². The molecule has 1 saturated heterocycles. The van der Waals surface area contributed by atoms with Gasteiger partial charge in [-0.2, -0.15) is 0 Å². The SMILES string of the molecule is Cc1ccc([N+](=O)[O-])c(NC2CCOCC2)n1. The third-order valence-electron chi connectivity index (χ3n) is 2.77. The minimum absolute atomic E-state index is 0.0297. The van der Waals surface area contributed by atoms with E-state index >= 15 is 0 Å². The molecule has 0 radical (unpaired) electrons. The highest BCUT2D eigenvalue weighted by Crippen LogP contribution is 2.24. The van der Waals surface area contributed by atoms with Gasteiger partial charge in [-0.15, -0.1) is 0 Å². The van der Waals surface area contributed by atoms with Gasteiger partial charge in [0.05, 0.1) is 4.92 Å². The smallest absolute Gasteiger partial charge is 0.311 e. The molecular weight excluding hydrogens is 222 g/mol. The Labute approximate surface area is 99.2 Å². The van der Waals surface area contributed by atoms with Gasteiger partial charge in [0.15, 0.2) is 0 Å². The summed E-state index contributed by atoms with van der Waals surface area (Å²) in [6, 6.07) is 3.34. The minimum Gasteiger partial charge on any atom is -0.381 e. The van der Waals surface area contributed by atoms with E-state index in [4.69, 9.17) is 4.74 Å². The third-order valence-corrected chi connectivity index (χ3v) is 2.77. The average molecular weight is 237 g/mol. The van der Waals surface area contributed by atoms with Crippen LogP contribution in [0.1, 0.15) is 18.5 Å². The van der Waals surface area contributed by atoms with Gasteiger partial charge in [0.2, 0.25) is 5.82 Å². The van der Waals surface area contributed by atoms with Gasteiger partial charge in [-0.25, -0.2) is 4.98 Å². The molecule has 0 atom stereocenters. The molecule has 92 valence electrons. The van der Waals surface area contributed by atoms with E-state index in [1.54, 1.807) is 6.07 Å². The number of hydrogen-bond acceptors (Lipinski definition) is 5. The van der Waals surface area contributed by atoms with Crippen molar-refractivity contribution < 1.29 is 9.66 Å². The number of hydrogen-bond donors (Lipinski definition) is 1. The molecule has 0 aromatic carbocycles. The fourth-order valence-corrected chi connectivity index (χ4v) is 1.84. The number of aromatic nitrogens is 1. The van der Waals surface area contributed by atoms with Crippen LogP contribution in [0.3, 0.4) is 0 Å². The molecule has 2 heterocycles. The van der Waals surface area contributed by atoms with Crippen molar-refractivity contribution in [3.8, 4) is 0 Å². The van der Waals surface area contributed by atoms with Crippen molar-refractivity contribution in [3.63, 3.8) is 0 Å². The summed E-state index contributed by atoms with van der Waals surface area (Å²) in [5, 5.41) is 14.0. The Kier molecular flexibility index (Phi) is 3.53. The Hall–Kier alpha value is -1.69. The molecule has 1 aliphatic rings. The lowest BCUT2D eigenvalue weighted by Crippen LogP contribution is -2.28. The molecule has 6 heteroatoms. The van der Waals surface area contributed by atoms with Crippen molar-refractivity contribution in [2.45, 2.75) is 25.8 Å². The van der Waals surface area contributed by atoms with Crippen LogP contribution >= 0.6 is 0 Å². The summed E-state index contributed by atoms with van der Waals surface area (Å²) < 4.78 is 5.24. The highest BCUT2D eigenvalue weighted by atomic mass is 16.6. The van der Waals surface area contributed by atoms with Crippen LogP contribution in [0.5, 0.6) is 0 Å². The van der Waals surface area contributed by atoms with Gasteiger partial charge in [-0.1, -0.05) is 0 Å². The number of rotatable bonds is 3. The van der Waals surface area contributed by atoms with Crippen LogP contribution in [0.4, 0.5) is 11.5 Å². The molecular formula is C11H15N3O3. The molecule has 2 rings (SSSR count). The van der Waals surface area contributed by atoms with Crippen LogP contribution in [0, 0.1) is 17.0 Å². The van der Waals surface area contributed by atoms with Crippen LogP contribution in [0.15, 0.2) is 12.1 Å². The van der Waals surface area contributed by atoms with Gasteiger partial charge in [0.25, 0.3) is 0 Å². The zero-order valence-electron chi connectivity index (χ0n) is 9.68. The van der Waals surface area contributed by atoms with E-state index in [1.807, 2.05) is 6.92 Å². The van der Waals surface area contributed by atoms with Crippen LogP contribution in [-0.4, -0.2) is 29.2 Å². The van der Waals surface area contributed by atoms with Crippen molar-refractivity contribution in [1.29, 1.82) is 0 Å². The van der Waals surface area contributed by atoms with E-state index in [0.29, 0.717) is 19.0 Å². The van der Waals surface area contributed by atoms with E-state index in [9.17, 15) is 10.1 Å². The zero-order chi connectivity index (χ0) is 12.3. The van der Waals surface area contributed by atoms with Gasteiger partial charge in [-0.3, -0.25) is 10.1 Å². The number of nitro groups is 1. The van der Waals surface area contributed by atoms with Crippen molar-refractivity contribution in [2.75, 3.05) is 18.5 Å². The third kappa shape index (κ3) is 2.91. The summed E-state index contributed by atoms with van der Waals surface area (Å²) >= 11 is 0. The lowest BCUT2D eigenvalue weighted by molar-refractivity contribution is -0.384. The summed E-state index contributed by atoms with van der Waals surface area (Å²) in [5.74, 6) is 0.363. The predicted octanol–water partition coefficient (Wildman–Crippen LogP) is 1.89. The molecule has 0 spiro atoms. The lowest BCUT2D eigenvalue weighted by Gasteiger charge is -2.23. The Balaban J connectivity index is 2.17. The Morgan fingerprint density at radius 1 is 1.47 bits per heavy atom. The summed E-state index contributed by atoms with van der Waals surface area (Å²) in [4.78, 5) is 14.7. The van der Waals surface area contributed by atoms with Gasteiger partial charge in [0.1, 0.15) is 0 Å². The Morgan fingerprint density at radius 3 is 2.82 bits per heavy atom. The second-order valence-electron chi connectivity index (χ2n) is 4.11. The molecule has 0 unspecified atom stereocenters. The molecule has 17 heavy (non-hydrogen) atoms. The lowest BCUT2D eigenvalue weighted by atomic mass is 10.1. The molecule has 1 aliphatic heterocycles. The zero-order valence-corrected chi connectivity index (χ0v) is 9.68. The van der Waals surface area contributed by atoms with E-state index in [2.05, 4.69) is 10.3 Å². The van der Waals surface area contributed by atoms with Crippen LogP contribution in [-0.2, 0) is 4.74 Å². The number of nitrogens with one attached hydrogen (secondary N) is 1. The van der Waals surface area contributed by atoms with Crippen LogP contribution < -0.4 is 5.32 Å². The number of pyridine rings is 1. The average Bonchev–Trinajstić information content (AvgIpc) is 2.30. The van der Waals surface area contributed by atoms with E-state index in [0.717, 1.165) is 18.5 Å². The predicted molar refractivity (Wildman–Crippen MR) is 63.1 cm³/mol. The van der Waals surface area contributed by atoms with Gasteiger partial charge in [-0.05, 0) is 25.8 Å². The van der Waals surface area contributed by atoms with Gasteiger partial charge >= 0.3 is 5.69 Å². The molecule has 0 bridgehead atoms. The maximum Gasteiger partial charge on any atom is 0.311 e. The van der Waals surface area contributed by atoms with Crippen molar-refractivity contribution in [2.24, 2.45) is 0 Å². The summed E-state index contributed by atoms with van der Waals surface area (Å²) in [6.45, 7) is 3.20. The second kappa shape index (κ2) is 5.09. The summed E-state index contributed by atoms with van der Waals surface area (Å²) in [6.07, 6.45) is 1.71. The van der Waals surface area contributed by atoms with Gasteiger partial charge in [0, 0.05) is 31.0 Å². The first-order valence-electron chi connectivity index (χ1n) is 5.63. The topological polar surface area (TPSA) is 77.3 Å². The first-order valence-corrected chi connectivity index (χ1v) is 5.63. The molecule has 0 saturated carbocycles. The Morgan fingerprint density at radius 2 is 2.18 bits per heavy atom. The summed E-state index contributed by atoms with van der Waals surface area (Å²) in [7, 11) is 0. The monoisotopic (exact) mass is 237 g/mol. The molecule has 1 fully saturated rings. The van der Waals surface area contributed by atoms with Crippen molar-refractivity contribution in [1.82, 2.24) is 4.98 Å². The molecule has 1 aromatic heterocycles. The highest BCUT2D eigenvalue weighted by molar-refractivity contribution is 5.56. The molecule has 1 aromatic rings. The number of nitrogens with zero attached hydrogens (tertiary/aromatic N) is 2. The molecule has 1 N–H and O–H groups in total. The quantitative estimate of drug-likeness (QED) is 0.641. The fraction of sp³-hybridized carbons (Fsp3) is 0.545. The second-order valence-corrected chi connectivity index (χ2v) is 4.11. The standard InChI is InChI=1S/C11H15N3O3/c1-8-2-3-10(14(15)16)11(12-8)13-9-4-6-17-7-5-9/h2-3,9H,4-7H2,1H3,(H,12,13). The van der Waals surface area contributed by atoms with Gasteiger partial charge < -0.3 is 10.1 Å². The summed E-state index contributed by atoms with van der Waals surface area (Å²) in [5.41, 5.74) is 0.798. The Bertz CT molecular complexity index is 416. The van der Waals surface area contributed by atoms with E-state index in [-0.39, 0.29) is 11.7 Å². The number of aryl methyl sites for hydroxylation is 1. The molecule has 0 aliphatic carbocycles. The van der Waals surface area contributed by atoms with Crippen molar-refractivity contribution in [3.05, 3.63) is 27.9 Å². The molecule has 6 nitrogen and oxygen atoms in total. The maximum atomic E-state index is 10.9. The first-order chi connectivity index (χ1) is 8.16. The first kappa shape index (κ1) is 11.8. The largest absolute Gasteiger partial charge is 0.381 e. The normalized spacial score (nSPS) is 16.8. The fourth-order valence-electron chi connectivity index (χ4n) is 1.84. The van der Waals surface area contributed by atoms with E-state index in [1.165, 1.54) is 6.07 Å². The maximum absolute atomic E-state index is 10.9. The highest BCUT2D eigenvalue weighted by Gasteiger charge is 2.20. The van der Waals surface area contributed by atoms with E-state index < -0.39 is 4.92 Å². The van der Waals surface area contributed by atoms with Crippen LogP contribution in [0.2, 0.25) is 0 Å².